The van der Waals surface area contributed by atoms with Gasteiger partial charge in [0, 0.05) is 7.05 Å². The average Bonchev–Trinajstić information content (AvgIpc) is 2.92. The highest BCUT2D eigenvalue weighted by atomic mass is 32.1. The molecular formula is C14H15N3O2S. The Labute approximate surface area is 121 Å². The topological polar surface area (TPSA) is 55.3 Å². The number of hydrogen-bond donors (Lipinski definition) is 0. The minimum Gasteiger partial charge on any atom is -0.480 e. The van der Waals surface area contributed by atoms with Gasteiger partial charge >= 0.3 is 0 Å². The summed E-state index contributed by atoms with van der Waals surface area (Å²) < 4.78 is 5.81. The molecule has 0 aliphatic carbocycles. The highest BCUT2D eigenvalue weighted by Crippen LogP contribution is 2.28. The molecule has 104 valence electrons. The molecule has 0 N–H and O–H groups in total. The summed E-state index contributed by atoms with van der Waals surface area (Å²) in [6.45, 7) is 1.87. The Balaban J connectivity index is 1.76. The Morgan fingerprint density at radius 1 is 1.40 bits per heavy atom. The summed E-state index contributed by atoms with van der Waals surface area (Å²) >= 11 is 1.40. The molecule has 2 aromatic rings. The zero-order valence-electron chi connectivity index (χ0n) is 11.4. The van der Waals surface area contributed by atoms with E-state index in [0.717, 1.165) is 22.7 Å². The van der Waals surface area contributed by atoms with Crippen molar-refractivity contribution in [2.75, 3.05) is 11.9 Å². The van der Waals surface area contributed by atoms with Crippen LogP contribution in [0.3, 0.4) is 0 Å². The van der Waals surface area contributed by atoms with Crippen molar-refractivity contribution in [3.05, 3.63) is 34.8 Å². The van der Waals surface area contributed by atoms with Gasteiger partial charge in [0.2, 0.25) is 5.13 Å². The van der Waals surface area contributed by atoms with Crippen molar-refractivity contribution in [3.8, 4) is 5.75 Å². The van der Waals surface area contributed by atoms with Crippen LogP contribution in [0.25, 0.3) is 0 Å². The minimum atomic E-state index is -0.445. The van der Waals surface area contributed by atoms with Crippen LogP contribution in [0.5, 0.6) is 5.75 Å². The number of aromatic nitrogens is 2. The number of carbonyl (C=O) groups is 1. The molecule has 1 aromatic heterocycles. The van der Waals surface area contributed by atoms with Crippen LogP contribution in [0.4, 0.5) is 5.13 Å². The Hall–Kier alpha value is -1.95. The molecule has 1 amide bonds. The Kier molecular flexibility index (Phi) is 3.40. The van der Waals surface area contributed by atoms with Crippen LogP contribution in [0.15, 0.2) is 24.3 Å². The molecule has 1 aliphatic heterocycles. The fraction of sp³-hybridized carbons (Fsp3) is 0.357. The van der Waals surface area contributed by atoms with E-state index in [0.29, 0.717) is 11.6 Å². The molecule has 20 heavy (non-hydrogen) atoms. The first-order valence-electron chi connectivity index (χ1n) is 6.47. The SMILES string of the molecule is Cc1nnc(N(C)C(=O)C2CCc3ccccc3O2)s1. The third-order valence-electron chi connectivity index (χ3n) is 3.33. The number of aryl methyl sites for hydroxylation is 2. The van der Waals surface area contributed by atoms with Gasteiger partial charge in [-0.15, -0.1) is 10.2 Å². The number of anilines is 1. The van der Waals surface area contributed by atoms with Crippen molar-refractivity contribution >= 4 is 22.4 Å². The fourth-order valence-electron chi connectivity index (χ4n) is 2.23. The van der Waals surface area contributed by atoms with Crippen molar-refractivity contribution in [2.45, 2.75) is 25.9 Å². The first kappa shape index (κ1) is 13.1. The van der Waals surface area contributed by atoms with Gasteiger partial charge in [-0.25, -0.2) is 0 Å². The first-order chi connectivity index (χ1) is 9.65. The number of ether oxygens (including phenoxy) is 1. The zero-order chi connectivity index (χ0) is 14.1. The molecule has 0 saturated heterocycles. The van der Waals surface area contributed by atoms with Crippen molar-refractivity contribution < 1.29 is 9.53 Å². The number of carbonyl (C=O) groups excluding carboxylic acids is 1. The lowest BCUT2D eigenvalue weighted by atomic mass is 10.0. The van der Waals surface area contributed by atoms with Crippen molar-refractivity contribution in [1.82, 2.24) is 10.2 Å². The molecule has 1 atom stereocenters. The van der Waals surface area contributed by atoms with E-state index in [4.69, 9.17) is 4.74 Å². The van der Waals surface area contributed by atoms with Crippen LogP contribution < -0.4 is 9.64 Å². The molecule has 0 bridgehead atoms. The molecule has 6 heteroatoms. The molecule has 0 radical (unpaired) electrons. The summed E-state index contributed by atoms with van der Waals surface area (Å²) in [7, 11) is 1.71. The predicted octanol–water partition coefficient (Wildman–Crippen LogP) is 2.20. The summed E-state index contributed by atoms with van der Waals surface area (Å²) in [6.07, 6.45) is 1.10. The molecule has 3 rings (SSSR count). The Morgan fingerprint density at radius 2 is 2.20 bits per heavy atom. The number of rotatable bonds is 2. The number of amides is 1. The third kappa shape index (κ3) is 2.38. The second-order valence-corrected chi connectivity index (χ2v) is 5.91. The Bertz CT molecular complexity index is 641. The number of nitrogens with zero attached hydrogens (tertiary/aromatic N) is 3. The van der Waals surface area contributed by atoms with E-state index in [9.17, 15) is 4.79 Å². The molecule has 0 fully saturated rings. The molecule has 1 aliphatic rings. The normalized spacial score (nSPS) is 17.2. The molecule has 1 unspecified atom stereocenters. The smallest absolute Gasteiger partial charge is 0.269 e. The van der Waals surface area contributed by atoms with E-state index in [1.54, 1.807) is 7.05 Å². The lowest BCUT2D eigenvalue weighted by molar-refractivity contribution is -0.125. The van der Waals surface area contributed by atoms with E-state index >= 15 is 0 Å². The van der Waals surface area contributed by atoms with Crippen LogP contribution in [-0.2, 0) is 11.2 Å². The third-order valence-corrected chi connectivity index (χ3v) is 4.24. The highest BCUT2D eigenvalue weighted by Gasteiger charge is 2.29. The summed E-state index contributed by atoms with van der Waals surface area (Å²) in [5, 5.41) is 9.38. The van der Waals surface area contributed by atoms with Crippen molar-refractivity contribution in [3.63, 3.8) is 0 Å². The summed E-state index contributed by atoms with van der Waals surface area (Å²) in [4.78, 5) is 14.0. The zero-order valence-corrected chi connectivity index (χ0v) is 12.2. The van der Waals surface area contributed by atoms with E-state index in [2.05, 4.69) is 10.2 Å². The van der Waals surface area contributed by atoms with E-state index in [-0.39, 0.29) is 5.91 Å². The molecule has 5 nitrogen and oxygen atoms in total. The maximum atomic E-state index is 12.5. The van der Waals surface area contributed by atoms with Gasteiger partial charge in [-0.2, -0.15) is 0 Å². The van der Waals surface area contributed by atoms with Gasteiger partial charge in [0.05, 0.1) is 0 Å². The minimum absolute atomic E-state index is 0.0735. The number of para-hydroxylation sites is 1. The van der Waals surface area contributed by atoms with Gasteiger partial charge in [0.25, 0.3) is 5.91 Å². The second kappa shape index (κ2) is 5.20. The summed E-state index contributed by atoms with van der Waals surface area (Å²) in [5.41, 5.74) is 1.16. The van der Waals surface area contributed by atoms with Gasteiger partial charge in [-0.1, -0.05) is 29.5 Å². The standard InChI is InChI=1S/C14H15N3O2S/c1-9-15-16-14(20-9)17(2)13(18)12-8-7-10-5-3-4-6-11(10)19-12/h3-6,12H,7-8H2,1-2H3. The molecule has 1 aromatic carbocycles. The van der Waals surface area contributed by atoms with Crippen molar-refractivity contribution in [2.24, 2.45) is 0 Å². The molecule has 0 spiro atoms. The largest absolute Gasteiger partial charge is 0.480 e. The van der Waals surface area contributed by atoms with Crippen LogP contribution in [0.2, 0.25) is 0 Å². The van der Waals surface area contributed by atoms with Crippen LogP contribution in [-0.4, -0.2) is 29.3 Å². The fourth-order valence-corrected chi connectivity index (χ4v) is 2.88. The first-order valence-corrected chi connectivity index (χ1v) is 7.29. The summed E-state index contributed by atoms with van der Waals surface area (Å²) in [6, 6.07) is 7.85. The van der Waals surface area contributed by atoms with Crippen LogP contribution >= 0.6 is 11.3 Å². The maximum Gasteiger partial charge on any atom is 0.269 e. The van der Waals surface area contributed by atoms with Crippen LogP contribution in [0, 0.1) is 6.92 Å². The number of benzene rings is 1. The second-order valence-electron chi connectivity index (χ2n) is 4.75. The Morgan fingerprint density at radius 3 is 2.95 bits per heavy atom. The summed E-state index contributed by atoms with van der Waals surface area (Å²) in [5.74, 6) is 0.731. The number of fused-ring (bicyclic) bond motifs is 1. The van der Waals surface area contributed by atoms with E-state index < -0.39 is 6.10 Å². The van der Waals surface area contributed by atoms with Crippen molar-refractivity contribution in [1.29, 1.82) is 0 Å². The number of hydrogen-bond acceptors (Lipinski definition) is 5. The van der Waals surface area contributed by atoms with E-state index in [1.165, 1.54) is 16.2 Å². The molecular weight excluding hydrogens is 274 g/mol. The lowest BCUT2D eigenvalue weighted by Crippen LogP contribution is -2.41. The average molecular weight is 289 g/mol. The monoisotopic (exact) mass is 289 g/mol. The molecule has 0 saturated carbocycles. The van der Waals surface area contributed by atoms with Crippen LogP contribution in [0.1, 0.15) is 17.0 Å². The van der Waals surface area contributed by atoms with Gasteiger partial charge < -0.3 is 4.74 Å². The van der Waals surface area contributed by atoms with E-state index in [1.807, 2.05) is 31.2 Å². The predicted molar refractivity (Wildman–Crippen MR) is 77.2 cm³/mol. The number of likely N-dealkylation sites (N-methyl/N-ethyl adjacent to an activating group) is 1. The van der Waals surface area contributed by atoms with Gasteiger partial charge in [0.15, 0.2) is 6.10 Å². The maximum absolute atomic E-state index is 12.5. The van der Waals surface area contributed by atoms with Gasteiger partial charge in [-0.05, 0) is 31.4 Å². The lowest BCUT2D eigenvalue weighted by Gasteiger charge is -2.27. The van der Waals surface area contributed by atoms with Gasteiger partial charge in [-0.3, -0.25) is 9.69 Å². The quantitative estimate of drug-likeness (QED) is 0.850. The molecule has 2 heterocycles. The highest BCUT2D eigenvalue weighted by molar-refractivity contribution is 7.15. The van der Waals surface area contributed by atoms with Gasteiger partial charge in [0.1, 0.15) is 10.8 Å².